The first kappa shape index (κ1) is 10.7. The van der Waals surface area contributed by atoms with Gasteiger partial charge in [-0.1, -0.05) is 0 Å². The van der Waals surface area contributed by atoms with E-state index in [9.17, 15) is 4.79 Å². The molecule has 0 aromatic heterocycles. The lowest BCUT2D eigenvalue weighted by molar-refractivity contribution is 0.203. The van der Waals surface area contributed by atoms with Crippen LogP contribution in [0.15, 0.2) is 0 Å². The lowest BCUT2D eigenvalue weighted by Gasteiger charge is -2.16. The second-order valence-corrected chi connectivity index (χ2v) is 4.55. The van der Waals surface area contributed by atoms with Crippen molar-refractivity contribution in [3.05, 3.63) is 0 Å². The van der Waals surface area contributed by atoms with Gasteiger partial charge in [-0.15, -0.1) is 0 Å². The highest BCUT2D eigenvalue weighted by atomic mass is 16.3. The molecule has 1 saturated carbocycles. The van der Waals surface area contributed by atoms with Gasteiger partial charge in [-0.2, -0.15) is 0 Å². The molecule has 0 aromatic rings. The lowest BCUT2D eigenvalue weighted by Crippen LogP contribution is -2.37. The van der Waals surface area contributed by atoms with Crippen molar-refractivity contribution in [1.29, 1.82) is 0 Å². The predicted octanol–water partition coefficient (Wildman–Crippen LogP) is -0.626. The molecule has 0 atom stereocenters. The van der Waals surface area contributed by atoms with Gasteiger partial charge in [-0.05, 0) is 12.8 Å². The van der Waals surface area contributed by atoms with E-state index < -0.39 is 0 Å². The average molecular weight is 213 g/mol. The number of nitrogens with one attached hydrogen (secondary N) is 2. The highest BCUT2D eigenvalue weighted by Gasteiger charge is 2.41. The van der Waals surface area contributed by atoms with E-state index in [1.54, 1.807) is 0 Å². The van der Waals surface area contributed by atoms with Gasteiger partial charge >= 0.3 is 6.03 Å². The van der Waals surface area contributed by atoms with Gasteiger partial charge < -0.3 is 20.6 Å². The molecule has 0 unspecified atom stereocenters. The second kappa shape index (κ2) is 4.37. The largest absolute Gasteiger partial charge is 0.396 e. The van der Waals surface area contributed by atoms with E-state index in [-0.39, 0.29) is 18.1 Å². The van der Waals surface area contributed by atoms with Crippen molar-refractivity contribution < 1.29 is 9.90 Å². The Morgan fingerprint density at radius 2 is 2.33 bits per heavy atom. The molecule has 1 saturated heterocycles. The van der Waals surface area contributed by atoms with Gasteiger partial charge in [0.1, 0.15) is 0 Å². The van der Waals surface area contributed by atoms with Gasteiger partial charge in [0.15, 0.2) is 0 Å². The fourth-order valence-corrected chi connectivity index (χ4v) is 1.86. The summed E-state index contributed by atoms with van der Waals surface area (Å²) in [5, 5.41) is 15.2. The molecule has 2 rings (SSSR count). The lowest BCUT2D eigenvalue weighted by atomic mass is 10.1. The van der Waals surface area contributed by atoms with Gasteiger partial charge in [0.05, 0.1) is 0 Å². The molecule has 0 radical (unpaired) electrons. The maximum atomic E-state index is 11.2. The predicted molar refractivity (Wildman–Crippen MR) is 56.6 cm³/mol. The molecule has 0 aromatic carbocycles. The van der Waals surface area contributed by atoms with E-state index in [0.29, 0.717) is 0 Å². The van der Waals surface area contributed by atoms with E-state index in [2.05, 4.69) is 10.6 Å². The molecule has 1 heterocycles. The topological polar surface area (TPSA) is 64.6 Å². The van der Waals surface area contributed by atoms with Crippen molar-refractivity contribution in [3.63, 3.8) is 0 Å². The number of hydrogen-bond donors (Lipinski definition) is 3. The zero-order chi connectivity index (χ0) is 10.7. The molecule has 15 heavy (non-hydrogen) atoms. The molecule has 0 spiro atoms. The SMILES string of the molecule is O=C1NCCN1CCNCC1(CO)CC1. The van der Waals surface area contributed by atoms with Crippen molar-refractivity contribution in [2.45, 2.75) is 12.8 Å². The van der Waals surface area contributed by atoms with Gasteiger partial charge in [-0.3, -0.25) is 0 Å². The molecule has 1 aliphatic carbocycles. The summed E-state index contributed by atoms with van der Waals surface area (Å²) < 4.78 is 0. The molecule has 1 aliphatic heterocycles. The zero-order valence-corrected chi connectivity index (χ0v) is 8.96. The van der Waals surface area contributed by atoms with Crippen LogP contribution in [0, 0.1) is 5.41 Å². The van der Waals surface area contributed by atoms with Crippen LogP contribution in [0.4, 0.5) is 4.79 Å². The average Bonchev–Trinajstić information content (AvgIpc) is 2.92. The smallest absolute Gasteiger partial charge is 0.317 e. The first-order chi connectivity index (χ1) is 7.26. The second-order valence-electron chi connectivity index (χ2n) is 4.55. The van der Waals surface area contributed by atoms with Crippen molar-refractivity contribution in [2.24, 2.45) is 5.41 Å². The van der Waals surface area contributed by atoms with Crippen molar-refractivity contribution in [3.8, 4) is 0 Å². The Labute approximate surface area is 89.8 Å². The number of nitrogens with zero attached hydrogens (tertiary/aromatic N) is 1. The van der Waals surface area contributed by atoms with Crippen LogP contribution in [0.2, 0.25) is 0 Å². The van der Waals surface area contributed by atoms with Crippen molar-refractivity contribution in [2.75, 3.05) is 39.3 Å². The summed E-state index contributed by atoms with van der Waals surface area (Å²) in [6, 6.07) is 0.0418. The van der Waals surface area contributed by atoms with Crippen molar-refractivity contribution in [1.82, 2.24) is 15.5 Å². The minimum atomic E-state index is 0.0418. The minimum Gasteiger partial charge on any atom is -0.396 e. The van der Waals surface area contributed by atoms with Gasteiger partial charge in [0.25, 0.3) is 0 Å². The fraction of sp³-hybridized carbons (Fsp3) is 0.900. The fourth-order valence-electron chi connectivity index (χ4n) is 1.86. The highest BCUT2D eigenvalue weighted by Crippen LogP contribution is 2.44. The number of urea groups is 1. The molecule has 86 valence electrons. The Kier molecular flexibility index (Phi) is 3.11. The monoisotopic (exact) mass is 213 g/mol. The van der Waals surface area contributed by atoms with Crippen LogP contribution in [-0.4, -0.2) is 55.4 Å². The Morgan fingerprint density at radius 1 is 1.53 bits per heavy atom. The molecule has 2 aliphatic rings. The van der Waals surface area contributed by atoms with Crippen LogP contribution < -0.4 is 10.6 Å². The summed E-state index contributed by atoms with van der Waals surface area (Å²) in [5.74, 6) is 0. The van der Waals surface area contributed by atoms with Gasteiger partial charge in [0.2, 0.25) is 0 Å². The minimum absolute atomic E-state index is 0.0418. The van der Waals surface area contributed by atoms with E-state index >= 15 is 0 Å². The van der Waals surface area contributed by atoms with Crippen LogP contribution in [0.25, 0.3) is 0 Å². The summed E-state index contributed by atoms with van der Waals surface area (Å²) in [6.07, 6.45) is 2.25. The third-order valence-electron chi connectivity index (χ3n) is 3.30. The molecular weight excluding hydrogens is 194 g/mol. The number of aliphatic hydroxyl groups excluding tert-OH is 1. The van der Waals surface area contributed by atoms with Crippen LogP contribution >= 0.6 is 0 Å². The standard InChI is InChI=1S/C10H19N3O2/c14-8-10(1-2-10)7-11-3-5-13-6-4-12-9(13)15/h11,14H,1-8H2,(H,12,15). The number of rotatable bonds is 6. The maximum Gasteiger partial charge on any atom is 0.317 e. The number of carbonyl (C=O) groups is 1. The Morgan fingerprint density at radius 3 is 2.87 bits per heavy atom. The van der Waals surface area contributed by atoms with E-state index in [0.717, 1.165) is 45.6 Å². The summed E-state index contributed by atoms with van der Waals surface area (Å²) in [6.45, 7) is 4.30. The Bertz CT molecular complexity index is 241. The summed E-state index contributed by atoms with van der Waals surface area (Å²) in [7, 11) is 0. The maximum absolute atomic E-state index is 11.2. The molecule has 2 amide bonds. The van der Waals surface area contributed by atoms with Crippen LogP contribution in [0.1, 0.15) is 12.8 Å². The van der Waals surface area contributed by atoms with E-state index in [1.807, 2.05) is 4.90 Å². The molecule has 2 fully saturated rings. The van der Waals surface area contributed by atoms with Crippen molar-refractivity contribution >= 4 is 6.03 Å². The Hall–Kier alpha value is -0.810. The van der Waals surface area contributed by atoms with Crippen LogP contribution in [-0.2, 0) is 0 Å². The molecule has 5 heteroatoms. The first-order valence-electron chi connectivity index (χ1n) is 5.60. The van der Waals surface area contributed by atoms with Crippen LogP contribution in [0.5, 0.6) is 0 Å². The Balaban J connectivity index is 1.57. The summed E-state index contributed by atoms with van der Waals surface area (Å²) in [4.78, 5) is 13.0. The highest BCUT2D eigenvalue weighted by molar-refractivity contribution is 5.76. The zero-order valence-electron chi connectivity index (χ0n) is 8.96. The number of carbonyl (C=O) groups excluding carboxylic acids is 1. The van der Waals surface area contributed by atoms with E-state index in [1.165, 1.54) is 0 Å². The van der Waals surface area contributed by atoms with Crippen LogP contribution in [0.3, 0.4) is 0 Å². The third-order valence-corrected chi connectivity index (χ3v) is 3.30. The van der Waals surface area contributed by atoms with Gasteiger partial charge in [0, 0.05) is 44.7 Å². The quantitative estimate of drug-likeness (QED) is 0.515. The number of amides is 2. The molecule has 3 N–H and O–H groups in total. The molecule has 0 bridgehead atoms. The molecule has 5 nitrogen and oxygen atoms in total. The molecular formula is C10H19N3O2. The third kappa shape index (κ3) is 2.60. The summed E-state index contributed by atoms with van der Waals surface area (Å²) in [5.41, 5.74) is 0.160. The summed E-state index contributed by atoms with van der Waals surface area (Å²) >= 11 is 0. The number of aliphatic hydroxyl groups is 1. The van der Waals surface area contributed by atoms with Gasteiger partial charge in [-0.25, -0.2) is 4.79 Å². The van der Waals surface area contributed by atoms with E-state index in [4.69, 9.17) is 5.11 Å². The number of hydrogen-bond acceptors (Lipinski definition) is 3. The normalized spacial score (nSPS) is 23.0. The first-order valence-corrected chi connectivity index (χ1v) is 5.60.